The number of aromatic nitrogens is 6. The van der Waals surface area contributed by atoms with Crippen LogP contribution in [0.3, 0.4) is 0 Å². The Hall–Kier alpha value is -2.02. The maximum atomic E-state index is 4.38. The highest BCUT2D eigenvalue weighted by Gasteiger charge is 2.12. The van der Waals surface area contributed by atoms with Gasteiger partial charge >= 0.3 is 0 Å². The molecule has 90 valence electrons. The summed E-state index contributed by atoms with van der Waals surface area (Å²) in [5.41, 5.74) is 0.753. The Balaban J connectivity index is 2.16. The molecular formula is C11H9BrN6. The van der Waals surface area contributed by atoms with E-state index in [2.05, 4.69) is 36.2 Å². The van der Waals surface area contributed by atoms with Gasteiger partial charge in [0.25, 0.3) is 0 Å². The van der Waals surface area contributed by atoms with Crippen molar-refractivity contribution in [1.29, 1.82) is 0 Å². The van der Waals surface area contributed by atoms with Gasteiger partial charge in [0, 0.05) is 13.1 Å². The molecule has 0 amide bonds. The van der Waals surface area contributed by atoms with E-state index < -0.39 is 0 Å². The lowest BCUT2D eigenvalue weighted by Crippen LogP contribution is -2.04. The first-order valence-corrected chi connectivity index (χ1v) is 6.06. The minimum absolute atomic E-state index is 0.680. The van der Waals surface area contributed by atoms with Crippen LogP contribution >= 0.6 is 15.9 Å². The van der Waals surface area contributed by atoms with Crippen LogP contribution in [0.2, 0.25) is 0 Å². The molecule has 0 N–H and O–H groups in total. The molecule has 0 unspecified atom stereocenters. The molecule has 3 aromatic heterocycles. The number of halogens is 1. The molecule has 0 aromatic carbocycles. The monoisotopic (exact) mass is 304 g/mol. The van der Waals surface area contributed by atoms with Crippen molar-refractivity contribution in [2.24, 2.45) is 7.05 Å². The van der Waals surface area contributed by atoms with E-state index >= 15 is 0 Å². The summed E-state index contributed by atoms with van der Waals surface area (Å²) in [4.78, 5) is 4.38. The summed E-state index contributed by atoms with van der Waals surface area (Å²) in [5.74, 6) is 1.57. The molecule has 0 atom stereocenters. The number of aryl methyl sites for hydroxylation is 1. The van der Waals surface area contributed by atoms with E-state index in [-0.39, 0.29) is 0 Å². The summed E-state index contributed by atoms with van der Waals surface area (Å²) in [7, 11) is 1.87. The van der Waals surface area contributed by atoms with Crippen LogP contribution in [0.1, 0.15) is 0 Å². The number of hydrogen-bond donors (Lipinski definition) is 0. The van der Waals surface area contributed by atoms with Crippen molar-refractivity contribution in [2.75, 3.05) is 0 Å². The Morgan fingerprint density at radius 2 is 2.11 bits per heavy atom. The first-order chi connectivity index (χ1) is 8.75. The van der Waals surface area contributed by atoms with E-state index in [4.69, 9.17) is 0 Å². The zero-order chi connectivity index (χ0) is 12.5. The van der Waals surface area contributed by atoms with Crippen LogP contribution in [-0.2, 0) is 7.05 Å². The van der Waals surface area contributed by atoms with Crippen molar-refractivity contribution in [3.05, 3.63) is 41.4 Å². The van der Waals surface area contributed by atoms with Gasteiger partial charge in [-0.25, -0.2) is 4.98 Å². The third-order valence-electron chi connectivity index (χ3n) is 2.53. The highest BCUT2D eigenvalue weighted by atomic mass is 79.9. The van der Waals surface area contributed by atoms with Crippen molar-refractivity contribution in [3.63, 3.8) is 0 Å². The van der Waals surface area contributed by atoms with E-state index in [1.54, 1.807) is 17.2 Å². The zero-order valence-electron chi connectivity index (χ0n) is 9.53. The smallest absolute Gasteiger partial charge is 0.188 e. The Bertz CT molecular complexity index is 686. The molecule has 3 heterocycles. The molecule has 3 rings (SSSR count). The SMILES string of the molecule is Cn1nccc1-n1cnnc1-c1cccc(Br)n1. The van der Waals surface area contributed by atoms with Crippen LogP contribution in [0.15, 0.2) is 41.4 Å². The lowest BCUT2D eigenvalue weighted by molar-refractivity contribution is 0.730. The van der Waals surface area contributed by atoms with E-state index in [9.17, 15) is 0 Å². The standard InChI is InChI=1S/C11H9BrN6/c1-17-10(5-6-14-17)18-7-13-16-11(18)8-3-2-4-9(12)15-8/h2-7H,1H3. The van der Waals surface area contributed by atoms with Crippen LogP contribution in [0, 0.1) is 0 Å². The van der Waals surface area contributed by atoms with Gasteiger partial charge in [-0.15, -0.1) is 10.2 Å². The van der Waals surface area contributed by atoms with Crippen molar-refractivity contribution >= 4 is 15.9 Å². The average molecular weight is 305 g/mol. The maximum absolute atomic E-state index is 4.38. The molecule has 0 fully saturated rings. The predicted octanol–water partition coefficient (Wildman–Crippen LogP) is 1.83. The van der Waals surface area contributed by atoms with Gasteiger partial charge in [0.05, 0.1) is 6.20 Å². The fraction of sp³-hybridized carbons (Fsp3) is 0.0909. The van der Waals surface area contributed by atoms with Gasteiger partial charge in [0.15, 0.2) is 5.82 Å². The Morgan fingerprint density at radius 3 is 2.83 bits per heavy atom. The quantitative estimate of drug-likeness (QED) is 0.678. The number of hydrogen-bond acceptors (Lipinski definition) is 4. The van der Waals surface area contributed by atoms with E-state index in [1.807, 2.05) is 35.9 Å². The Kier molecular flexibility index (Phi) is 2.67. The number of rotatable bonds is 2. The van der Waals surface area contributed by atoms with Crippen LogP contribution in [0.25, 0.3) is 17.3 Å². The predicted molar refractivity (Wildman–Crippen MR) is 69.1 cm³/mol. The van der Waals surface area contributed by atoms with Crippen LogP contribution in [0.4, 0.5) is 0 Å². The summed E-state index contributed by atoms with van der Waals surface area (Å²) < 4.78 is 4.37. The molecular weight excluding hydrogens is 296 g/mol. The molecule has 0 aliphatic rings. The maximum Gasteiger partial charge on any atom is 0.188 e. The molecule has 7 heteroatoms. The minimum Gasteiger partial charge on any atom is -0.264 e. The van der Waals surface area contributed by atoms with E-state index in [0.29, 0.717) is 5.82 Å². The molecule has 18 heavy (non-hydrogen) atoms. The van der Waals surface area contributed by atoms with Gasteiger partial charge in [-0.2, -0.15) is 5.10 Å². The zero-order valence-corrected chi connectivity index (χ0v) is 11.1. The number of pyridine rings is 1. The van der Waals surface area contributed by atoms with Crippen molar-refractivity contribution in [3.8, 4) is 17.3 Å². The lowest BCUT2D eigenvalue weighted by Gasteiger charge is -2.06. The summed E-state index contributed by atoms with van der Waals surface area (Å²) in [6.45, 7) is 0. The minimum atomic E-state index is 0.680. The second kappa shape index (κ2) is 4.34. The van der Waals surface area contributed by atoms with Gasteiger partial charge in [-0.05, 0) is 28.1 Å². The Labute approximate surface area is 111 Å². The molecule has 0 saturated carbocycles. The topological polar surface area (TPSA) is 61.4 Å². The molecule has 0 aliphatic carbocycles. The molecule has 6 nitrogen and oxygen atoms in total. The van der Waals surface area contributed by atoms with E-state index in [1.165, 1.54) is 0 Å². The van der Waals surface area contributed by atoms with Gasteiger partial charge < -0.3 is 0 Å². The Morgan fingerprint density at radius 1 is 1.22 bits per heavy atom. The second-order valence-corrected chi connectivity index (χ2v) is 4.50. The third kappa shape index (κ3) is 1.82. The largest absolute Gasteiger partial charge is 0.264 e. The van der Waals surface area contributed by atoms with Gasteiger partial charge in [0.2, 0.25) is 0 Å². The fourth-order valence-corrected chi connectivity index (χ4v) is 2.06. The van der Waals surface area contributed by atoms with Crippen molar-refractivity contribution in [2.45, 2.75) is 0 Å². The van der Waals surface area contributed by atoms with Crippen LogP contribution in [-0.4, -0.2) is 29.5 Å². The normalized spacial score (nSPS) is 10.8. The molecule has 0 radical (unpaired) electrons. The van der Waals surface area contributed by atoms with Crippen LogP contribution in [0.5, 0.6) is 0 Å². The first kappa shape index (κ1) is 11.1. The van der Waals surface area contributed by atoms with Gasteiger partial charge in [-0.3, -0.25) is 9.25 Å². The highest BCUT2D eigenvalue weighted by molar-refractivity contribution is 9.10. The summed E-state index contributed by atoms with van der Waals surface area (Å²) >= 11 is 3.35. The number of nitrogens with zero attached hydrogens (tertiary/aromatic N) is 6. The first-order valence-electron chi connectivity index (χ1n) is 5.27. The van der Waals surface area contributed by atoms with Crippen molar-refractivity contribution < 1.29 is 0 Å². The van der Waals surface area contributed by atoms with Crippen LogP contribution < -0.4 is 0 Å². The van der Waals surface area contributed by atoms with Gasteiger partial charge in [0.1, 0.15) is 22.4 Å². The third-order valence-corrected chi connectivity index (χ3v) is 2.98. The molecule has 3 aromatic rings. The molecule has 0 bridgehead atoms. The average Bonchev–Trinajstić information content (AvgIpc) is 2.96. The fourth-order valence-electron chi connectivity index (χ4n) is 1.71. The van der Waals surface area contributed by atoms with Crippen molar-refractivity contribution in [1.82, 2.24) is 29.5 Å². The summed E-state index contributed by atoms with van der Waals surface area (Å²) in [5, 5.41) is 12.2. The molecule has 0 spiro atoms. The summed E-state index contributed by atoms with van der Waals surface area (Å²) in [6.07, 6.45) is 3.38. The lowest BCUT2D eigenvalue weighted by atomic mass is 10.3. The second-order valence-electron chi connectivity index (χ2n) is 3.68. The molecule has 0 saturated heterocycles. The van der Waals surface area contributed by atoms with E-state index in [0.717, 1.165) is 16.1 Å². The molecule has 0 aliphatic heterocycles. The van der Waals surface area contributed by atoms with Gasteiger partial charge in [-0.1, -0.05) is 6.07 Å². The summed E-state index contributed by atoms with van der Waals surface area (Å²) in [6, 6.07) is 7.56. The highest BCUT2D eigenvalue weighted by Crippen LogP contribution is 2.19.